The minimum atomic E-state index is -4.64. The summed E-state index contributed by atoms with van der Waals surface area (Å²) in [5.41, 5.74) is 0.355. The number of hydrogen-bond acceptors (Lipinski definition) is 8. The molecular weight excluding hydrogens is 468 g/mol. The van der Waals surface area contributed by atoms with E-state index in [4.69, 9.17) is 0 Å². The molecule has 4 rings (SSSR count). The van der Waals surface area contributed by atoms with E-state index < -0.39 is 24.9 Å². The van der Waals surface area contributed by atoms with Crippen LogP contribution < -0.4 is 4.80 Å². The molecule has 0 radical (unpaired) electrons. The van der Waals surface area contributed by atoms with Crippen LogP contribution in [0.1, 0.15) is 5.56 Å². The summed E-state index contributed by atoms with van der Waals surface area (Å²) in [5.74, 6) is -0.165. The highest BCUT2D eigenvalue weighted by molar-refractivity contribution is 7.86. The summed E-state index contributed by atoms with van der Waals surface area (Å²) in [5, 5.41) is 31.3. The average molecular weight is 483 g/mol. The lowest BCUT2D eigenvalue weighted by Crippen LogP contribution is -2.43. The minimum absolute atomic E-state index is 0.0111. The zero-order valence-corrected chi connectivity index (χ0v) is 18.2. The van der Waals surface area contributed by atoms with E-state index in [1.54, 1.807) is 13.0 Å². The van der Waals surface area contributed by atoms with Crippen molar-refractivity contribution in [3.05, 3.63) is 92.5 Å². The van der Waals surface area contributed by atoms with Gasteiger partial charge >= 0.3 is 11.5 Å². The van der Waals surface area contributed by atoms with E-state index in [9.17, 15) is 33.2 Å². The van der Waals surface area contributed by atoms with Crippen LogP contribution in [0.4, 0.5) is 11.4 Å². The van der Waals surface area contributed by atoms with Gasteiger partial charge in [-0.3, -0.25) is 24.8 Å². The molecule has 1 heterocycles. The van der Waals surface area contributed by atoms with Crippen molar-refractivity contribution < 1.29 is 27.6 Å². The first-order chi connectivity index (χ1) is 16.1. The fourth-order valence-corrected chi connectivity index (χ4v) is 3.94. The molecule has 0 unspecified atom stereocenters. The number of aromatic nitrogens is 4. The van der Waals surface area contributed by atoms with Crippen LogP contribution in [0.5, 0.6) is 0 Å². The van der Waals surface area contributed by atoms with E-state index >= 15 is 0 Å². The molecule has 14 heteroatoms. The normalized spacial score (nSPS) is 11.4. The van der Waals surface area contributed by atoms with Crippen LogP contribution in [-0.2, 0) is 10.1 Å². The fraction of sp³-hybridized carbons (Fsp3) is 0.0500. The van der Waals surface area contributed by atoms with E-state index in [0.717, 1.165) is 15.7 Å². The summed E-state index contributed by atoms with van der Waals surface area (Å²) in [6, 6.07) is 15.0. The number of rotatable bonds is 6. The molecule has 172 valence electrons. The maximum atomic E-state index is 11.9. The van der Waals surface area contributed by atoms with Gasteiger partial charge in [-0.2, -0.15) is 8.42 Å². The van der Waals surface area contributed by atoms with Crippen LogP contribution in [0.25, 0.3) is 22.8 Å². The van der Waals surface area contributed by atoms with E-state index in [-0.39, 0.29) is 34.1 Å². The maximum absolute atomic E-state index is 11.9. The molecule has 4 aromatic rings. The molecule has 0 bridgehead atoms. The van der Waals surface area contributed by atoms with Gasteiger partial charge in [0.1, 0.15) is 10.6 Å². The zero-order valence-electron chi connectivity index (χ0n) is 17.3. The summed E-state index contributed by atoms with van der Waals surface area (Å²) < 4.78 is 33.4. The third-order valence-corrected chi connectivity index (χ3v) is 5.71. The van der Waals surface area contributed by atoms with Gasteiger partial charge in [0, 0.05) is 23.0 Å². The van der Waals surface area contributed by atoms with Crippen LogP contribution in [0.15, 0.2) is 71.6 Å². The smallest absolute Gasteiger partial charge is 0.282 e. The first-order valence-electron chi connectivity index (χ1n) is 9.53. The predicted octanol–water partition coefficient (Wildman–Crippen LogP) is 2.58. The highest BCUT2D eigenvalue weighted by Gasteiger charge is 2.32. The molecule has 3 aromatic carbocycles. The quantitative estimate of drug-likeness (QED) is 0.187. The molecule has 1 aromatic heterocycles. The monoisotopic (exact) mass is 483 g/mol. The summed E-state index contributed by atoms with van der Waals surface area (Å²) in [4.78, 5) is 23.3. The number of tetrazole rings is 1. The van der Waals surface area contributed by atoms with Crippen molar-refractivity contribution in [3.8, 4) is 22.8 Å². The van der Waals surface area contributed by atoms with Crippen LogP contribution >= 0.6 is 0 Å². The summed E-state index contributed by atoms with van der Waals surface area (Å²) in [7, 11) is -4.64. The predicted molar refractivity (Wildman–Crippen MR) is 116 cm³/mol. The summed E-state index contributed by atoms with van der Waals surface area (Å²) >= 11 is 0. The van der Waals surface area contributed by atoms with Crippen LogP contribution in [0.2, 0.25) is 0 Å². The van der Waals surface area contributed by atoms with Gasteiger partial charge in [0.15, 0.2) is 0 Å². The Bertz CT molecular complexity index is 1550. The number of nitro benzene ring substituents is 2. The Labute approximate surface area is 191 Å². The Balaban J connectivity index is 2.01. The molecule has 0 spiro atoms. The second kappa shape index (κ2) is 8.42. The summed E-state index contributed by atoms with van der Waals surface area (Å²) in [6.07, 6.45) is 0. The van der Waals surface area contributed by atoms with Gasteiger partial charge in [0.25, 0.3) is 21.5 Å². The molecule has 34 heavy (non-hydrogen) atoms. The molecular formula is C20H15N6O7S+. The third-order valence-electron chi connectivity index (χ3n) is 4.80. The van der Waals surface area contributed by atoms with Gasteiger partial charge in [0.2, 0.25) is 0 Å². The molecule has 0 aliphatic carbocycles. The van der Waals surface area contributed by atoms with Crippen molar-refractivity contribution in [3.63, 3.8) is 0 Å². The van der Waals surface area contributed by atoms with E-state index in [0.29, 0.717) is 5.56 Å². The molecule has 0 saturated heterocycles. The Morgan fingerprint density at radius 2 is 1.65 bits per heavy atom. The number of hydrogen-bond donors (Lipinski definition) is 1. The van der Waals surface area contributed by atoms with Gasteiger partial charge < -0.3 is 0 Å². The van der Waals surface area contributed by atoms with Crippen molar-refractivity contribution in [2.45, 2.75) is 11.8 Å². The van der Waals surface area contributed by atoms with E-state index in [1.807, 2.05) is 0 Å². The highest BCUT2D eigenvalue weighted by atomic mass is 32.2. The number of nitrogens with zero attached hydrogens (tertiary/aromatic N) is 6. The Morgan fingerprint density at radius 1 is 0.971 bits per heavy atom. The number of benzene rings is 3. The average Bonchev–Trinajstić information content (AvgIpc) is 3.23. The first-order valence-corrected chi connectivity index (χ1v) is 11.0. The Morgan fingerprint density at radius 3 is 2.26 bits per heavy atom. The third kappa shape index (κ3) is 4.22. The van der Waals surface area contributed by atoms with Crippen molar-refractivity contribution in [2.24, 2.45) is 0 Å². The van der Waals surface area contributed by atoms with Crippen LogP contribution in [0, 0.1) is 27.2 Å². The number of aryl methyl sites for hydroxylation is 1. The number of nitro groups is 2. The Kier molecular flexibility index (Phi) is 5.60. The van der Waals surface area contributed by atoms with Crippen LogP contribution in [0.3, 0.4) is 0 Å². The fourth-order valence-electron chi connectivity index (χ4n) is 3.25. The maximum Gasteiger partial charge on any atom is 0.341 e. The van der Waals surface area contributed by atoms with Gasteiger partial charge in [-0.25, -0.2) is 0 Å². The Hall–Kier alpha value is -4.56. The van der Waals surface area contributed by atoms with Gasteiger partial charge in [-0.05, 0) is 52.7 Å². The SMILES string of the molecule is Cc1ccc(-[n+]2nc(-c3ccccc3S(=O)(=O)O)nn2-c2ccc([N+](=O)[O-])cc2)c([N+](=O)[O-])c1. The first kappa shape index (κ1) is 22.6. The molecule has 0 aliphatic heterocycles. The highest BCUT2D eigenvalue weighted by Crippen LogP contribution is 2.26. The van der Waals surface area contributed by atoms with Crippen molar-refractivity contribution in [1.29, 1.82) is 0 Å². The van der Waals surface area contributed by atoms with E-state index in [1.165, 1.54) is 54.6 Å². The molecule has 1 N–H and O–H groups in total. The zero-order chi connectivity index (χ0) is 24.6. The van der Waals surface area contributed by atoms with Gasteiger partial charge in [-0.15, -0.1) is 0 Å². The van der Waals surface area contributed by atoms with Crippen molar-refractivity contribution in [1.82, 2.24) is 15.0 Å². The van der Waals surface area contributed by atoms with Crippen LogP contribution in [-0.4, -0.2) is 37.8 Å². The standard InChI is InChI=1S/C20H14N6O7S/c1-13-6-11-17(18(12-13)26(29)30)24-22-20(16-4-2-3-5-19(16)34(31,32)33)21-23(24)14-7-9-15(10-8-14)25(27)28/h2-12H,1H3/p+1. The van der Waals surface area contributed by atoms with Gasteiger partial charge in [-0.1, -0.05) is 18.2 Å². The minimum Gasteiger partial charge on any atom is -0.282 e. The summed E-state index contributed by atoms with van der Waals surface area (Å²) in [6.45, 7) is 1.68. The lowest BCUT2D eigenvalue weighted by atomic mass is 10.2. The molecule has 0 amide bonds. The molecule has 0 fully saturated rings. The lowest BCUT2D eigenvalue weighted by Gasteiger charge is -2.02. The topological polar surface area (TPSA) is 175 Å². The molecule has 13 nitrogen and oxygen atoms in total. The second-order valence-electron chi connectivity index (χ2n) is 7.10. The number of non-ortho nitro benzene ring substituents is 1. The van der Waals surface area contributed by atoms with E-state index in [2.05, 4.69) is 10.2 Å². The largest absolute Gasteiger partial charge is 0.341 e. The van der Waals surface area contributed by atoms with Crippen molar-refractivity contribution in [2.75, 3.05) is 0 Å². The second-order valence-corrected chi connectivity index (χ2v) is 8.49. The lowest BCUT2D eigenvalue weighted by molar-refractivity contribution is -0.736. The van der Waals surface area contributed by atoms with Crippen molar-refractivity contribution >= 4 is 21.5 Å². The van der Waals surface area contributed by atoms with Gasteiger partial charge in [0.05, 0.1) is 20.5 Å². The molecule has 0 atom stereocenters. The molecule has 0 saturated carbocycles. The molecule has 0 aliphatic rings.